The molecule has 1 aromatic carbocycles. The van der Waals surface area contributed by atoms with E-state index in [1.165, 1.54) is 0 Å². The summed E-state index contributed by atoms with van der Waals surface area (Å²) in [4.78, 5) is 24.6. The zero-order valence-corrected chi connectivity index (χ0v) is 13.2. The zero-order chi connectivity index (χ0) is 15.8. The van der Waals surface area contributed by atoms with E-state index in [2.05, 4.69) is 0 Å². The molecule has 4 nitrogen and oxygen atoms in total. The average molecular weight is 304 g/mol. The van der Waals surface area contributed by atoms with Crippen LogP contribution in [-0.4, -0.2) is 25.0 Å². The predicted molar refractivity (Wildman–Crippen MR) is 83.3 cm³/mol. The van der Waals surface area contributed by atoms with E-state index in [1.54, 1.807) is 6.92 Å². The Balaban J connectivity index is 1.92. The van der Waals surface area contributed by atoms with Crippen LogP contribution >= 0.6 is 0 Å². The monoisotopic (exact) mass is 304 g/mol. The van der Waals surface area contributed by atoms with Crippen LogP contribution < -0.4 is 0 Å². The normalized spacial score (nSPS) is 21.6. The third-order valence-electron chi connectivity index (χ3n) is 4.24. The molecule has 0 spiro atoms. The van der Waals surface area contributed by atoms with Gasteiger partial charge >= 0.3 is 5.97 Å². The van der Waals surface area contributed by atoms with Crippen LogP contribution in [0.4, 0.5) is 0 Å². The van der Waals surface area contributed by atoms with E-state index < -0.39 is 5.41 Å². The predicted octanol–water partition coefficient (Wildman–Crippen LogP) is 3.29. The first-order chi connectivity index (χ1) is 10.7. The molecule has 0 saturated heterocycles. The first-order valence-electron chi connectivity index (χ1n) is 8.01. The number of hydrogen-bond acceptors (Lipinski definition) is 4. The highest BCUT2D eigenvalue weighted by Gasteiger charge is 2.47. The lowest BCUT2D eigenvalue weighted by molar-refractivity contribution is -0.164. The summed E-state index contributed by atoms with van der Waals surface area (Å²) in [7, 11) is 0. The second kappa shape index (κ2) is 8.08. The van der Waals surface area contributed by atoms with Gasteiger partial charge in [-0.2, -0.15) is 0 Å². The molecule has 1 aromatic rings. The Bertz CT molecular complexity index is 497. The summed E-state index contributed by atoms with van der Waals surface area (Å²) in [6.45, 7) is 2.96. The van der Waals surface area contributed by atoms with Crippen molar-refractivity contribution in [2.24, 2.45) is 5.41 Å². The molecular formula is C18H24O4. The lowest BCUT2D eigenvalue weighted by Crippen LogP contribution is -2.43. The molecule has 0 bridgehead atoms. The summed E-state index contributed by atoms with van der Waals surface area (Å²) < 4.78 is 10.8. The van der Waals surface area contributed by atoms with Crippen molar-refractivity contribution in [3.05, 3.63) is 35.9 Å². The number of ketones is 1. The maximum Gasteiger partial charge on any atom is 0.319 e. The number of carbonyl (C=O) groups excluding carboxylic acids is 2. The smallest absolute Gasteiger partial charge is 0.319 e. The minimum Gasteiger partial charge on any atom is -0.465 e. The van der Waals surface area contributed by atoms with Gasteiger partial charge in [-0.3, -0.25) is 9.59 Å². The van der Waals surface area contributed by atoms with Crippen LogP contribution in [0, 0.1) is 5.41 Å². The van der Waals surface area contributed by atoms with Gasteiger partial charge in [-0.05, 0) is 31.7 Å². The highest BCUT2D eigenvalue weighted by Crippen LogP contribution is 2.37. The van der Waals surface area contributed by atoms with Crippen LogP contribution in [0.5, 0.6) is 0 Å². The summed E-state index contributed by atoms with van der Waals surface area (Å²) in [5.74, 6) is -0.358. The summed E-state index contributed by atoms with van der Waals surface area (Å²) in [5, 5.41) is 0. The van der Waals surface area contributed by atoms with Crippen LogP contribution in [0.25, 0.3) is 0 Å². The van der Waals surface area contributed by atoms with E-state index in [1.807, 2.05) is 30.3 Å². The average Bonchev–Trinajstić information content (AvgIpc) is 2.54. The molecule has 0 aliphatic heterocycles. The lowest BCUT2D eigenvalue weighted by Gasteiger charge is -2.33. The highest BCUT2D eigenvalue weighted by molar-refractivity contribution is 6.04. The Labute approximate surface area is 131 Å². The van der Waals surface area contributed by atoms with E-state index in [0.29, 0.717) is 39.1 Å². The highest BCUT2D eigenvalue weighted by atomic mass is 16.5. The Hall–Kier alpha value is -1.68. The van der Waals surface area contributed by atoms with E-state index in [-0.39, 0.29) is 11.8 Å². The summed E-state index contributed by atoms with van der Waals surface area (Å²) in [6.07, 6.45) is 3.22. The minimum atomic E-state index is -0.981. The van der Waals surface area contributed by atoms with Gasteiger partial charge in [0.15, 0.2) is 0 Å². The fourth-order valence-corrected chi connectivity index (χ4v) is 2.95. The molecule has 1 aliphatic rings. The van der Waals surface area contributed by atoms with Crippen LogP contribution in [0.15, 0.2) is 30.3 Å². The molecule has 0 radical (unpaired) electrons. The van der Waals surface area contributed by atoms with Crippen LogP contribution in [0.3, 0.4) is 0 Å². The SMILES string of the molecule is CCOC(=O)[C@@]1(CCOCc2ccccc2)CCCCC1=O. The van der Waals surface area contributed by atoms with Gasteiger partial charge in [0.1, 0.15) is 11.2 Å². The lowest BCUT2D eigenvalue weighted by atomic mass is 9.71. The van der Waals surface area contributed by atoms with E-state index >= 15 is 0 Å². The molecule has 1 saturated carbocycles. The molecule has 1 aliphatic carbocycles. The standard InChI is InChI=1S/C18H24O4/c1-2-22-17(20)18(11-7-6-10-16(18)19)12-13-21-14-15-8-4-3-5-9-15/h3-5,8-9H,2,6-7,10-14H2,1H3/t18-/m1/s1. The topological polar surface area (TPSA) is 52.6 Å². The van der Waals surface area contributed by atoms with Gasteiger partial charge < -0.3 is 9.47 Å². The Kier molecular flexibility index (Phi) is 6.13. The second-order valence-electron chi connectivity index (χ2n) is 5.72. The number of benzene rings is 1. The van der Waals surface area contributed by atoms with Gasteiger partial charge in [0.05, 0.1) is 13.2 Å². The Morgan fingerprint density at radius 1 is 1.23 bits per heavy atom. The van der Waals surface area contributed by atoms with E-state index in [0.717, 1.165) is 18.4 Å². The molecule has 2 rings (SSSR count). The van der Waals surface area contributed by atoms with E-state index in [4.69, 9.17) is 9.47 Å². The summed E-state index contributed by atoms with van der Waals surface area (Å²) in [6, 6.07) is 9.87. The molecule has 1 fully saturated rings. The quantitative estimate of drug-likeness (QED) is 0.441. The van der Waals surface area contributed by atoms with Crippen LogP contribution in [0.2, 0.25) is 0 Å². The molecule has 1 atom stereocenters. The number of ether oxygens (including phenoxy) is 2. The molecule has 22 heavy (non-hydrogen) atoms. The second-order valence-corrected chi connectivity index (χ2v) is 5.72. The number of esters is 1. The molecule has 0 N–H and O–H groups in total. The molecule has 0 amide bonds. The van der Waals surface area contributed by atoms with Gasteiger partial charge in [0.25, 0.3) is 0 Å². The fourth-order valence-electron chi connectivity index (χ4n) is 2.95. The van der Waals surface area contributed by atoms with Crippen molar-refractivity contribution in [2.45, 2.75) is 45.6 Å². The van der Waals surface area contributed by atoms with Crippen LogP contribution in [0.1, 0.15) is 44.6 Å². The van der Waals surface area contributed by atoms with Crippen molar-refractivity contribution in [3.8, 4) is 0 Å². The minimum absolute atomic E-state index is 0.0144. The van der Waals surface area contributed by atoms with Crippen molar-refractivity contribution >= 4 is 11.8 Å². The van der Waals surface area contributed by atoms with Crippen molar-refractivity contribution in [3.63, 3.8) is 0 Å². The molecule has 4 heteroatoms. The van der Waals surface area contributed by atoms with Gasteiger partial charge in [-0.15, -0.1) is 0 Å². The molecule has 0 heterocycles. The van der Waals surface area contributed by atoms with Crippen molar-refractivity contribution in [1.82, 2.24) is 0 Å². The van der Waals surface area contributed by atoms with Gasteiger partial charge in [-0.1, -0.05) is 36.8 Å². The largest absolute Gasteiger partial charge is 0.465 e. The van der Waals surface area contributed by atoms with Gasteiger partial charge in [0, 0.05) is 13.0 Å². The molecular weight excluding hydrogens is 280 g/mol. The first-order valence-corrected chi connectivity index (χ1v) is 8.01. The third kappa shape index (κ3) is 3.95. The van der Waals surface area contributed by atoms with Gasteiger partial charge in [0.2, 0.25) is 0 Å². The van der Waals surface area contributed by atoms with Gasteiger partial charge in [-0.25, -0.2) is 0 Å². The number of Topliss-reactive ketones (excluding diaryl/α,β-unsaturated/α-hetero) is 1. The van der Waals surface area contributed by atoms with Crippen LogP contribution in [-0.2, 0) is 25.7 Å². The van der Waals surface area contributed by atoms with Crippen molar-refractivity contribution < 1.29 is 19.1 Å². The third-order valence-corrected chi connectivity index (χ3v) is 4.24. The fraction of sp³-hybridized carbons (Fsp3) is 0.556. The number of hydrogen-bond donors (Lipinski definition) is 0. The summed E-state index contributed by atoms with van der Waals surface area (Å²) in [5.41, 5.74) is 0.105. The molecule has 0 unspecified atom stereocenters. The Morgan fingerprint density at radius 3 is 2.68 bits per heavy atom. The van der Waals surface area contributed by atoms with Crippen molar-refractivity contribution in [2.75, 3.05) is 13.2 Å². The van der Waals surface area contributed by atoms with E-state index in [9.17, 15) is 9.59 Å². The number of rotatable bonds is 7. The zero-order valence-electron chi connectivity index (χ0n) is 13.2. The molecule has 120 valence electrons. The Morgan fingerprint density at radius 2 is 2.00 bits per heavy atom. The summed E-state index contributed by atoms with van der Waals surface area (Å²) >= 11 is 0. The molecule has 0 aromatic heterocycles. The number of carbonyl (C=O) groups is 2. The maximum atomic E-state index is 12.3. The first kappa shape index (κ1) is 16.7. The maximum absolute atomic E-state index is 12.3. The van der Waals surface area contributed by atoms with Crippen molar-refractivity contribution in [1.29, 1.82) is 0 Å².